The number of anilines is 1. The van der Waals surface area contributed by atoms with Gasteiger partial charge in [0.2, 0.25) is 5.91 Å². The minimum atomic E-state index is -4.18. The Kier molecular flexibility index (Phi) is 5.66. The summed E-state index contributed by atoms with van der Waals surface area (Å²) in [5.41, 5.74) is 0.532. The Balaban J connectivity index is 1.76. The van der Waals surface area contributed by atoms with Crippen LogP contribution in [0.5, 0.6) is 0 Å². The van der Waals surface area contributed by atoms with E-state index in [1.807, 2.05) is 4.90 Å². The third-order valence-electron chi connectivity index (χ3n) is 3.38. The molecule has 22 heavy (non-hydrogen) atoms. The number of alkyl halides is 3. The number of benzene rings is 1. The largest absolute Gasteiger partial charge is 0.401 e. The van der Waals surface area contributed by atoms with Gasteiger partial charge < -0.3 is 5.32 Å². The molecule has 2 rings (SSSR count). The molecule has 0 atom stereocenters. The first-order chi connectivity index (χ1) is 10.3. The van der Waals surface area contributed by atoms with Crippen molar-refractivity contribution in [2.75, 3.05) is 44.6 Å². The normalized spacial score (nSPS) is 17.5. The second kappa shape index (κ2) is 7.30. The van der Waals surface area contributed by atoms with Gasteiger partial charge in [0.15, 0.2) is 0 Å². The van der Waals surface area contributed by atoms with Gasteiger partial charge in [-0.1, -0.05) is 23.7 Å². The van der Waals surface area contributed by atoms with E-state index in [-0.39, 0.29) is 12.5 Å². The van der Waals surface area contributed by atoms with Crippen molar-refractivity contribution in [3.63, 3.8) is 0 Å². The lowest BCUT2D eigenvalue weighted by Gasteiger charge is -2.34. The van der Waals surface area contributed by atoms with E-state index in [4.69, 9.17) is 11.6 Å². The van der Waals surface area contributed by atoms with Crippen molar-refractivity contribution in [2.24, 2.45) is 0 Å². The van der Waals surface area contributed by atoms with E-state index >= 15 is 0 Å². The molecule has 1 fully saturated rings. The molecule has 0 aliphatic carbocycles. The zero-order valence-corrected chi connectivity index (χ0v) is 12.6. The standard InChI is InChI=1S/C14H17ClF3N3O/c15-11-3-1-2-4-12(11)19-13(22)9-20-5-7-21(8-6-20)10-14(16,17)18/h1-4H,5-10H2,(H,19,22). The van der Waals surface area contributed by atoms with Gasteiger partial charge in [-0.05, 0) is 12.1 Å². The van der Waals surface area contributed by atoms with E-state index in [0.29, 0.717) is 36.9 Å². The summed E-state index contributed by atoms with van der Waals surface area (Å²) in [7, 11) is 0. The number of carbonyl (C=O) groups excluding carboxylic acids is 1. The lowest BCUT2D eigenvalue weighted by atomic mass is 10.3. The fourth-order valence-electron chi connectivity index (χ4n) is 2.31. The summed E-state index contributed by atoms with van der Waals surface area (Å²) in [6.45, 7) is 0.730. The van der Waals surface area contributed by atoms with Crippen LogP contribution in [0, 0.1) is 0 Å². The first-order valence-corrected chi connectivity index (χ1v) is 7.27. The maximum absolute atomic E-state index is 12.3. The molecule has 0 saturated carbocycles. The molecule has 1 amide bonds. The average Bonchev–Trinajstić information content (AvgIpc) is 2.42. The van der Waals surface area contributed by atoms with Crippen molar-refractivity contribution in [3.8, 4) is 0 Å². The van der Waals surface area contributed by atoms with Gasteiger partial charge in [-0.25, -0.2) is 0 Å². The van der Waals surface area contributed by atoms with E-state index in [9.17, 15) is 18.0 Å². The Bertz CT molecular complexity index is 516. The van der Waals surface area contributed by atoms with Crippen molar-refractivity contribution >= 4 is 23.2 Å². The molecule has 0 spiro atoms. The molecule has 4 nitrogen and oxygen atoms in total. The number of hydrogen-bond acceptors (Lipinski definition) is 3. The van der Waals surface area contributed by atoms with Gasteiger partial charge in [0, 0.05) is 26.2 Å². The maximum atomic E-state index is 12.3. The van der Waals surface area contributed by atoms with Crippen molar-refractivity contribution in [1.82, 2.24) is 9.80 Å². The molecule has 8 heteroatoms. The molecular weight excluding hydrogens is 319 g/mol. The number of nitrogens with one attached hydrogen (secondary N) is 1. The van der Waals surface area contributed by atoms with Crippen LogP contribution in [0.2, 0.25) is 5.02 Å². The van der Waals surface area contributed by atoms with E-state index in [1.54, 1.807) is 24.3 Å². The molecule has 1 N–H and O–H groups in total. The summed E-state index contributed by atoms with van der Waals surface area (Å²) in [6.07, 6.45) is -4.18. The molecule has 1 aromatic rings. The van der Waals surface area contributed by atoms with Gasteiger partial charge in [0.25, 0.3) is 0 Å². The predicted octanol–water partition coefficient (Wildman–Crippen LogP) is 2.46. The zero-order valence-electron chi connectivity index (χ0n) is 11.9. The number of para-hydroxylation sites is 1. The molecule has 1 aliphatic rings. The Morgan fingerprint density at radius 1 is 1.14 bits per heavy atom. The Hall–Kier alpha value is -1.31. The van der Waals surface area contributed by atoms with Crippen molar-refractivity contribution < 1.29 is 18.0 Å². The summed E-state index contributed by atoms with van der Waals surface area (Å²) in [4.78, 5) is 15.1. The number of amides is 1. The molecule has 1 heterocycles. The van der Waals surface area contributed by atoms with Gasteiger partial charge in [0.05, 0.1) is 23.8 Å². The highest BCUT2D eigenvalue weighted by Crippen LogP contribution is 2.20. The van der Waals surface area contributed by atoms with Gasteiger partial charge in [-0.2, -0.15) is 13.2 Å². The van der Waals surface area contributed by atoms with Crippen LogP contribution < -0.4 is 5.32 Å². The fraction of sp³-hybridized carbons (Fsp3) is 0.500. The van der Waals surface area contributed by atoms with E-state index in [0.717, 1.165) is 0 Å². The molecule has 1 aliphatic heterocycles. The zero-order chi connectivity index (χ0) is 16.2. The van der Waals surface area contributed by atoms with Crippen LogP contribution in [-0.4, -0.2) is 61.2 Å². The Labute approximate surface area is 131 Å². The topological polar surface area (TPSA) is 35.6 Å². The van der Waals surface area contributed by atoms with Crippen LogP contribution in [0.1, 0.15) is 0 Å². The van der Waals surface area contributed by atoms with Crippen LogP contribution in [-0.2, 0) is 4.79 Å². The number of hydrogen-bond donors (Lipinski definition) is 1. The van der Waals surface area contributed by atoms with Crippen LogP contribution >= 0.6 is 11.6 Å². The molecule has 122 valence electrons. The van der Waals surface area contributed by atoms with Crippen molar-refractivity contribution in [2.45, 2.75) is 6.18 Å². The minimum absolute atomic E-state index is 0.144. The van der Waals surface area contributed by atoms with Gasteiger partial charge in [-0.15, -0.1) is 0 Å². The second-order valence-corrected chi connectivity index (χ2v) is 5.60. The molecule has 0 radical (unpaired) electrons. The van der Waals surface area contributed by atoms with Gasteiger partial charge in [0.1, 0.15) is 0 Å². The quantitative estimate of drug-likeness (QED) is 0.918. The van der Waals surface area contributed by atoms with Gasteiger partial charge >= 0.3 is 6.18 Å². The van der Waals surface area contributed by atoms with E-state index in [1.165, 1.54) is 4.90 Å². The molecule has 0 bridgehead atoms. The number of carbonyl (C=O) groups is 1. The summed E-state index contributed by atoms with van der Waals surface area (Å²) < 4.78 is 36.9. The molecule has 1 saturated heterocycles. The average molecular weight is 336 g/mol. The highest BCUT2D eigenvalue weighted by atomic mass is 35.5. The number of halogens is 4. The maximum Gasteiger partial charge on any atom is 0.401 e. The molecule has 1 aromatic carbocycles. The summed E-state index contributed by atoms with van der Waals surface area (Å²) in [5.74, 6) is -0.225. The molecular formula is C14H17ClF3N3O. The predicted molar refractivity (Wildman–Crippen MR) is 79.0 cm³/mol. The Morgan fingerprint density at radius 2 is 1.73 bits per heavy atom. The minimum Gasteiger partial charge on any atom is -0.324 e. The summed E-state index contributed by atoms with van der Waals surface area (Å²) >= 11 is 5.95. The lowest BCUT2D eigenvalue weighted by molar-refractivity contribution is -0.149. The highest BCUT2D eigenvalue weighted by Gasteiger charge is 2.32. The third-order valence-corrected chi connectivity index (χ3v) is 3.71. The Morgan fingerprint density at radius 3 is 2.32 bits per heavy atom. The molecule has 0 aromatic heterocycles. The molecule has 0 unspecified atom stereocenters. The summed E-state index contributed by atoms with van der Waals surface area (Å²) in [5, 5.41) is 3.15. The SMILES string of the molecule is O=C(CN1CCN(CC(F)(F)F)CC1)Nc1ccccc1Cl. The van der Waals surface area contributed by atoms with Crippen LogP contribution in [0.15, 0.2) is 24.3 Å². The fourth-order valence-corrected chi connectivity index (χ4v) is 2.50. The van der Waals surface area contributed by atoms with Gasteiger partial charge in [-0.3, -0.25) is 14.6 Å². The van der Waals surface area contributed by atoms with Crippen LogP contribution in [0.4, 0.5) is 18.9 Å². The van der Waals surface area contributed by atoms with Crippen LogP contribution in [0.25, 0.3) is 0 Å². The van der Waals surface area contributed by atoms with Crippen molar-refractivity contribution in [1.29, 1.82) is 0 Å². The third kappa shape index (κ3) is 5.47. The monoisotopic (exact) mass is 335 g/mol. The number of rotatable bonds is 4. The smallest absolute Gasteiger partial charge is 0.324 e. The first kappa shape index (κ1) is 17.1. The first-order valence-electron chi connectivity index (χ1n) is 6.89. The summed E-state index contributed by atoms with van der Waals surface area (Å²) in [6, 6.07) is 6.89. The van der Waals surface area contributed by atoms with E-state index < -0.39 is 12.7 Å². The van der Waals surface area contributed by atoms with E-state index in [2.05, 4.69) is 5.32 Å². The number of piperazine rings is 1. The highest BCUT2D eigenvalue weighted by molar-refractivity contribution is 6.33. The van der Waals surface area contributed by atoms with Crippen molar-refractivity contribution in [3.05, 3.63) is 29.3 Å². The van der Waals surface area contributed by atoms with Crippen LogP contribution in [0.3, 0.4) is 0 Å². The second-order valence-electron chi connectivity index (χ2n) is 5.20. The lowest BCUT2D eigenvalue weighted by Crippen LogP contribution is -2.50. The number of nitrogens with zero attached hydrogens (tertiary/aromatic N) is 2.